The second-order valence-corrected chi connectivity index (χ2v) is 7.92. The molecule has 0 spiro atoms. The number of carbonyl (C=O) groups is 1. The summed E-state index contributed by atoms with van der Waals surface area (Å²) in [6.45, 7) is 3.04. The highest BCUT2D eigenvalue weighted by atomic mass is 16.1. The number of rotatable bonds is 2. The number of ketones is 1. The summed E-state index contributed by atoms with van der Waals surface area (Å²) in [7, 11) is 1.94. The molecule has 5 nitrogen and oxygen atoms in total. The average molecular weight is 372 g/mol. The normalized spacial score (nSPS) is 18.4. The SMILES string of the molecule is C[C@@H]1CC(=O)Cc2cccc(N3CCc4cc(-c5cnn(C)c5)ccc43)c2N1. The molecule has 2 aromatic carbocycles. The van der Waals surface area contributed by atoms with Gasteiger partial charge in [0.2, 0.25) is 0 Å². The van der Waals surface area contributed by atoms with Crippen LogP contribution in [0.2, 0.25) is 0 Å². The van der Waals surface area contributed by atoms with Gasteiger partial charge in [-0.05, 0) is 48.2 Å². The molecule has 2 aliphatic rings. The van der Waals surface area contributed by atoms with Gasteiger partial charge in [0, 0.05) is 49.9 Å². The van der Waals surface area contributed by atoms with Crippen molar-refractivity contribution in [1.82, 2.24) is 9.78 Å². The molecule has 1 aromatic heterocycles. The molecule has 0 unspecified atom stereocenters. The van der Waals surface area contributed by atoms with Crippen LogP contribution in [0.4, 0.5) is 17.1 Å². The molecule has 142 valence electrons. The highest BCUT2D eigenvalue weighted by Crippen LogP contribution is 2.42. The van der Waals surface area contributed by atoms with Gasteiger partial charge in [-0.15, -0.1) is 0 Å². The van der Waals surface area contributed by atoms with E-state index in [0.717, 1.165) is 29.8 Å². The molecule has 28 heavy (non-hydrogen) atoms. The number of hydrogen-bond acceptors (Lipinski definition) is 4. The first-order chi connectivity index (χ1) is 13.6. The van der Waals surface area contributed by atoms with E-state index in [4.69, 9.17) is 0 Å². The van der Waals surface area contributed by atoms with E-state index in [1.807, 2.05) is 24.1 Å². The van der Waals surface area contributed by atoms with Crippen molar-refractivity contribution in [3.8, 4) is 11.1 Å². The summed E-state index contributed by atoms with van der Waals surface area (Å²) in [4.78, 5) is 14.6. The monoisotopic (exact) mass is 372 g/mol. The van der Waals surface area contributed by atoms with Gasteiger partial charge in [-0.1, -0.05) is 18.2 Å². The Bertz CT molecular complexity index is 1070. The molecular weight excluding hydrogens is 348 g/mol. The molecule has 0 saturated heterocycles. The molecular formula is C23H24N4O. The number of hydrogen-bond donors (Lipinski definition) is 1. The molecule has 5 heteroatoms. The molecule has 0 amide bonds. The van der Waals surface area contributed by atoms with Crippen LogP contribution in [0.25, 0.3) is 11.1 Å². The molecule has 0 saturated carbocycles. The van der Waals surface area contributed by atoms with Gasteiger partial charge in [-0.2, -0.15) is 5.10 Å². The van der Waals surface area contributed by atoms with Crippen LogP contribution >= 0.6 is 0 Å². The number of aryl methyl sites for hydroxylation is 1. The second kappa shape index (κ2) is 6.51. The predicted octanol–water partition coefficient (Wildman–Crippen LogP) is 4.10. The highest BCUT2D eigenvalue weighted by Gasteiger charge is 2.27. The summed E-state index contributed by atoms with van der Waals surface area (Å²) >= 11 is 0. The minimum atomic E-state index is 0.157. The quantitative estimate of drug-likeness (QED) is 0.736. The van der Waals surface area contributed by atoms with Crippen molar-refractivity contribution in [1.29, 1.82) is 0 Å². The number of nitrogens with one attached hydrogen (secondary N) is 1. The van der Waals surface area contributed by atoms with Crippen molar-refractivity contribution in [3.05, 3.63) is 59.9 Å². The van der Waals surface area contributed by atoms with Crippen LogP contribution in [0.5, 0.6) is 0 Å². The van der Waals surface area contributed by atoms with E-state index in [1.165, 1.54) is 22.5 Å². The summed E-state index contributed by atoms with van der Waals surface area (Å²) in [5.74, 6) is 0.304. The van der Waals surface area contributed by atoms with Crippen LogP contribution in [0.15, 0.2) is 48.8 Å². The zero-order chi connectivity index (χ0) is 19.3. The third-order valence-electron chi connectivity index (χ3n) is 5.75. The Kier molecular flexibility index (Phi) is 3.97. The Hall–Kier alpha value is -3.08. The minimum absolute atomic E-state index is 0.157. The lowest BCUT2D eigenvalue weighted by atomic mass is 10.0. The lowest BCUT2D eigenvalue weighted by Crippen LogP contribution is -2.20. The first kappa shape index (κ1) is 17.0. The van der Waals surface area contributed by atoms with E-state index in [0.29, 0.717) is 18.6 Å². The lowest BCUT2D eigenvalue weighted by molar-refractivity contribution is -0.118. The molecule has 0 aliphatic carbocycles. The Morgan fingerprint density at radius 2 is 2.00 bits per heavy atom. The molecule has 1 N–H and O–H groups in total. The summed E-state index contributed by atoms with van der Waals surface area (Å²) in [6.07, 6.45) is 6.07. The van der Waals surface area contributed by atoms with Gasteiger partial charge in [-0.3, -0.25) is 9.48 Å². The summed E-state index contributed by atoms with van der Waals surface area (Å²) in [5, 5.41) is 7.89. The van der Waals surface area contributed by atoms with E-state index >= 15 is 0 Å². The van der Waals surface area contributed by atoms with Crippen molar-refractivity contribution in [2.24, 2.45) is 7.05 Å². The first-order valence-corrected chi connectivity index (χ1v) is 9.88. The molecule has 3 aromatic rings. The molecule has 3 heterocycles. The highest BCUT2D eigenvalue weighted by molar-refractivity contribution is 5.90. The maximum Gasteiger partial charge on any atom is 0.139 e. The Morgan fingerprint density at radius 3 is 2.82 bits per heavy atom. The van der Waals surface area contributed by atoms with Crippen LogP contribution in [0, 0.1) is 0 Å². The van der Waals surface area contributed by atoms with Gasteiger partial charge in [0.1, 0.15) is 5.78 Å². The molecule has 0 bridgehead atoms. The topological polar surface area (TPSA) is 50.2 Å². The molecule has 0 radical (unpaired) electrons. The smallest absolute Gasteiger partial charge is 0.139 e. The number of carbonyl (C=O) groups excluding carboxylic acids is 1. The van der Waals surface area contributed by atoms with E-state index in [9.17, 15) is 4.79 Å². The van der Waals surface area contributed by atoms with E-state index in [-0.39, 0.29) is 6.04 Å². The number of benzene rings is 2. The number of para-hydroxylation sites is 1. The van der Waals surface area contributed by atoms with Crippen molar-refractivity contribution in [2.75, 3.05) is 16.8 Å². The summed E-state index contributed by atoms with van der Waals surface area (Å²) < 4.78 is 1.84. The van der Waals surface area contributed by atoms with Gasteiger partial charge in [-0.25, -0.2) is 0 Å². The Morgan fingerprint density at radius 1 is 1.11 bits per heavy atom. The van der Waals surface area contributed by atoms with Crippen LogP contribution in [-0.4, -0.2) is 28.2 Å². The largest absolute Gasteiger partial charge is 0.380 e. The van der Waals surface area contributed by atoms with Crippen LogP contribution in [-0.2, 0) is 24.7 Å². The standard InChI is InChI=1S/C23H24N4O/c1-15-10-20(28)12-18-4-3-5-22(23(18)25-15)27-9-8-17-11-16(6-7-21(17)27)19-13-24-26(2)14-19/h3-7,11,13-15,25H,8-10,12H2,1-2H3/t15-/m1/s1. The summed E-state index contributed by atoms with van der Waals surface area (Å²) in [6, 6.07) is 13.1. The van der Waals surface area contributed by atoms with Crippen molar-refractivity contribution in [2.45, 2.75) is 32.2 Å². The molecule has 0 fully saturated rings. The van der Waals surface area contributed by atoms with Crippen molar-refractivity contribution >= 4 is 22.8 Å². The van der Waals surface area contributed by atoms with Crippen molar-refractivity contribution < 1.29 is 4.79 Å². The molecule has 5 rings (SSSR count). The number of fused-ring (bicyclic) bond motifs is 2. The maximum atomic E-state index is 12.2. The van der Waals surface area contributed by atoms with Gasteiger partial charge in [0.25, 0.3) is 0 Å². The van der Waals surface area contributed by atoms with Crippen LogP contribution in [0.1, 0.15) is 24.5 Å². The zero-order valence-electron chi connectivity index (χ0n) is 16.3. The van der Waals surface area contributed by atoms with Crippen LogP contribution < -0.4 is 10.2 Å². The van der Waals surface area contributed by atoms with Crippen LogP contribution in [0.3, 0.4) is 0 Å². The van der Waals surface area contributed by atoms with E-state index in [2.05, 4.69) is 58.6 Å². The third-order valence-corrected chi connectivity index (χ3v) is 5.75. The minimum Gasteiger partial charge on any atom is -0.380 e. The average Bonchev–Trinajstić information content (AvgIpc) is 3.24. The number of anilines is 3. The van der Waals surface area contributed by atoms with E-state index < -0.39 is 0 Å². The first-order valence-electron chi connectivity index (χ1n) is 9.88. The third kappa shape index (κ3) is 2.87. The van der Waals surface area contributed by atoms with Gasteiger partial charge < -0.3 is 10.2 Å². The maximum absolute atomic E-state index is 12.2. The fourth-order valence-corrected chi connectivity index (χ4v) is 4.45. The lowest BCUT2D eigenvalue weighted by Gasteiger charge is -2.25. The predicted molar refractivity (Wildman–Crippen MR) is 112 cm³/mol. The zero-order valence-corrected chi connectivity index (χ0v) is 16.3. The van der Waals surface area contributed by atoms with Gasteiger partial charge in [0.15, 0.2) is 0 Å². The van der Waals surface area contributed by atoms with Gasteiger partial charge in [0.05, 0.1) is 17.6 Å². The fourth-order valence-electron chi connectivity index (χ4n) is 4.45. The number of nitrogens with zero attached hydrogens (tertiary/aromatic N) is 3. The van der Waals surface area contributed by atoms with Crippen molar-refractivity contribution in [3.63, 3.8) is 0 Å². The second-order valence-electron chi connectivity index (χ2n) is 7.92. The Balaban J connectivity index is 1.54. The van der Waals surface area contributed by atoms with Gasteiger partial charge >= 0.3 is 0 Å². The van der Waals surface area contributed by atoms with E-state index in [1.54, 1.807) is 0 Å². The number of Topliss-reactive ketones (excluding diaryl/α,β-unsaturated/α-hetero) is 1. The Labute approximate surface area is 165 Å². The molecule has 1 atom stereocenters. The summed E-state index contributed by atoms with van der Waals surface area (Å²) in [5.41, 5.74) is 8.36. The number of aromatic nitrogens is 2. The molecule has 2 aliphatic heterocycles. The fraction of sp³-hybridized carbons (Fsp3) is 0.304.